The molecule has 0 aliphatic carbocycles. The van der Waals surface area contributed by atoms with E-state index in [0.29, 0.717) is 6.07 Å². The highest BCUT2D eigenvalue weighted by molar-refractivity contribution is 9.08. The quantitative estimate of drug-likeness (QED) is 0.436. The molecule has 1 aromatic heterocycles. The zero-order chi connectivity index (χ0) is 15.7. The normalized spacial score (nSPS) is 12.8. The van der Waals surface area contributed by atoms with Crippen molar-refractivity contribution in [3.8, 4) is 5.75 Å². The minimum Gasteiger partial charge on any atom is -0.402 e. The van der Waals surface area contributed by atoms with Gasteiger partial charge < -0.3 is 4.74 Å². The summed E-state index contributed by atoms with van der Waals surface area (Å²) >= 11 is 2.74. The van der Waals surface area contributed by atoms with E-state index >= 15 is 0 Å². The van der Waals surface area contributed by atoms with Crippen molar-refractivity contribution in [2.75, 3.05) is 0 Å². The summed E-state index contributed by atoms with van der Waals surface area (Å²) in [7, 11) is 0.0878. The molecule has 0 aromatic carbocycles. The minimum absolute atomic E-state index is 0.375. The number of aromatic nitrogens is 1. The standard InChI is InChI=1S/C8H4BrClF5NO3S/c9-2-3-1-4(6(11)12)16-7(20(10,17)18)5(3)19-8(13,14)15/h1,6H,2H2. The van der Waals surface area contributed by atoms with E-state index in [9.17, 15) is 30.4 Å². The van der Waals surface area contributed by atoms with Gasteiger partial charge >= 0.3 is 6.36 Å². The van der Waals surface area contributed by atoms with Crippen LogP contribution >= 0.6 is 26.6 Å². The van der Waals surface area contributed by atoms with Crippen LogP contribution in [0.4, 0.5) is 22.0 Å². The van der Waals surface area contributed by atoms with Gasteiger partial charge in [0.1, 0.15) is 5.69 Å². The zero-order valence-electron chi connectivity index (χ0n) is 9.09. The molecule has 0 atom stereocenters. The van der Waals surface area contributed by atoms with Crippen LogP contribution in [-0.4, -0.2) is 19.8 Å². The summed E-state index contributed by atoms with van der Waals surface area (Å²) in [5, 5.41) is -1.79. The Morgan fingerprint density at radius 3 is 2.30 bits per heavy atom. The summed E-state index contributed by atoms with van der Waals surface area (Å²) in [6, 6.07) is 0.589. The number of ether oxygens (including phenoxy) is 1. The smallest absolute Gasteiger partial charge is 0.402 e. The molecule has 114 valence electrons. The van der Waals surface area contributed by atoms with Crippen molar-refractivity contribution in [2.45, 2.75) is 23.1 Å². The number of halogens is 7. The fraction of sp³-hybridized carbons (Fsp3) is 0.375. The Morgan fingerprint density at radius 2 is 1.95 bits per heavy atom. The molecule has 20 heavy (non-hydrogen) atoms. The van der Waals surface area contributed by atoms with Crippen molar-refractivity contribution < 1.29 is 35.1 Å². The predicted molar refractivity (Wildman–Crippen MR) is 61.5 cm³/mol. The molecule has 0 aliphatic rings. The van der Waals surface area contributed by atoms with E-state index in [0.717, 1.165) is 0 Å². The monoisotopic (exact) mass is 403 g/mol. The second-order valence-corrected chi connectivity index (χ2v) is 6.30. The van der Waals surface area contributed by atoms with E-state index in [1.165, 1.54) is 0 Å². The molecule has 1 rings (SSSR count). The Labute approximate surface area is 122 Å². The maximum absolute atomic E-state index is 12.5. The molecule has 0 spiro atoms. The third-order valence-corrected chi connectivity index (χ3v) is 3.64. The van der Waals surface area contributed by atoms with Gasteiger partial charge in [-0.2, -0.15) is 0 Å². The van der Waals surface area contributed by atoms with Crippen LogP contribution < -0.4 is 4.74 Å². The number of nitrogens with zero attached hydrogens (tertiary/aromatic N) is 1. The van der Waals surface area contributed by atoms with E-state index in [2.05, 4.69) is 25.7 Å². The fourth-order valence-electron chi connectivity index (χ4n) is 1.18. The molecule has 1 heterocycles. The highest BCUT2D eigenvalue weighted by atomic mass is 79.9. The highest BCUT2D eigenvalue weighted by Crippen LogP contribution is 2.36. The molecule has 12 heteroatoms. The molecule has 0 N–H and O–H groups in total. The summed E-state index contributed by atoms with van der Waals surface area (Å²) in [6.07, 6.45) is -8.42. The van der Waals surface area contributed by atoms with Gasteiger partial charge in [-0.05, 0) is 6.07 Å². The van der Waals surface area contributed by atoms with Gasteiger partial charge in [0.25, 0.3) is 15.5 Å². The van der Waals surface area contributed by atoms with Crippen molar-refractivity contribution in [1.82, 2.24) is 4.98 Å². The number of alkyl halides is 6. The van der Waals surface area contributed by atoms with Gasteiger partial charge in [0.15, 0.2) is 5.75 Å². The van der Waals surface area contributed by atoms with E-state index in [-0.39, 0.29) is 5.33 Å². The first-order chi connectivity index (χ1) is 8.95. The molecule has 0 bridgehead atoms. The second kappa shape index (κ2) is 5.98. The molecule has 0 aliphatic heterocycles. The maximum Gasteiger partial charge on any atom is 0.573 e. The maximum atomic E-state index is 12.5. The first-order valence-electron chi connectivity index (χ1n) is 4.54. The molecular formula is C8H4BrClF5NO3S. The lowest BCUT2D eigenvalue weighted by atomic mass is 10.2. The Morgan fingerprint density at radius 1 is 1.40 bits per heavy atom. The van der Waals surface area contributed by atoms with Crippen molar-refractivity contribution >= 4 is 35.7 Å². The Hall–Kier alpha value is -0.680. The fourth-order valence-corrected chi connectivity index (χ4v) is 2.52. The van der Waals surface area contributed by atoms with Gasteiger partial charge in [0.2, 0.25) is 5.03 Å². The minimum atomic E-state index is -5.23. The van der Waals surface area contributed by atoms with Gasteiger partial charge in [0.05, 0.1) is 0 Å². The second-order valence-electron chi connectivity index (χ2n) is 3.26. The Bertz CT molecular complexity index is 607. The van der Waals surface area contributed by atoms with E-state index in [4.69, 9.17) is 10.7 Å². The van der Waals surface area contributed by atoms with Crippen LogP contribution in [0, 0.1) is 0 Å². The highest BCUT2D eigenvalue weighted by Gasteiger charge is 2.36. The number of rotatable bonds is 4. The summed E-state index contributed by atoms with van der Waals surface area (Å²) in [5.41, 5.74) is -1.51. The summed E-state index contributed by atoms with van der Waals surface area (Å²) in [6.45, 7) is 0. The lowest BCUT2D eigenvalue weighted by Gasteiger charge is -2.15. The van der Waals surface area contributed by atoms with Crippen molar-refractivity contribution in [2.24, 2.45) is 0 Å². The molecule has 0 unspecified atom stereocenters. The van der Waals surface area contributed by atoms with Gasteiger partial charge in [-0.1, -0.05) is 15.9 Å². The van der Waals surface area contributed by atoms with E-state index in [1.807, 2.05) is 0 Å². The van der Waals surface area contributed by atoms with E-state index in [1.54, 1.807) is 0 Å². The van der Waals surface area contributed by atoms with Gasteiger partial charge in [0, 0.05) is 21.6 Å². The van der Waals surface area contributed by atoms with Crippen molar-refractivity contribution in [3.63, 3.8) is 0 Å². The first kappa shape index (κ1) is 17.4. The summed E-state index contributed by atoms with van der Waals surface area (Å²) in [4.78, 5) is 2.92. The van der Waals surface area contributed by atoms with Gasteiger partial charge in [-0.3, -0.25) is 0 Å². The SMILES string of the molecule is O=S(=O)(Cl)c1nc(C(F)F)cc(CBr)c1OC(F)(F)F. The zero-order valence-corrected chi connectivity index (χ0v) is 12.2. The van der Waals surface area contributed by atoms with E-state index < -0.39 is 43.9 Å². The lowest BCUT2D eigenvalue weighted by Crippen LogP contribution is -2.20. The van der Waals surface area contributed by atoms with Crippen LogP contribution in [0.2, 0.25) is 0 Å². The number of hydrogen-bond donors (Lipinski definition) is 0. The van der Waals surface area contributed by atoms with Crippen molar-refractivity contribution in [3.05, 3.63) is 17.3 Å². The molecule has 0 saturated heterocycles. The molecule has 0 saturated carbocycles. The van der Waals surface area contributed by atoms with Crippen LogP contribution in [0.15, 0.2) is 11.1 Å². The molecule has 1 aromatic rings. The van der Waals surface area contributed by atoms with Crippen LogP contribution in [-0.2, 0) is 14.4 Å². The molecular weight excluding hydrogens is 401 g/mol. The molecule has 0 radical (unpaired) electrons. The Balaban J connectivity index is 3.61. The molecule has 0 amide bonds. The van der Waals surface area contributed by atoms with Crippen LogP contribution in [0.1, 0.15) is 17.7 Å². The number of hydrogen-bond acceptors (Lipinski definition) is 4. The Kier molecular flexibility index (Phi) is 5.19. The third-order valence-electron chi connectivity index (χ3n) is 1.85. The lowest BCUT2D eigenvalue weighted by molar-refractivity contribution is -0.276. The molecule has 4 nitrogen and oxygen atoms in total. The predicted octanol–water partition coefficient (Wildman–Crippen LogP) is 3.74. The topological polar surface area (TPSA) is 56.3 Å². The first-order valence-corrected chi connectivity index (χ1v) is 7.97. The summed E-state index contributed by atoms with van der Waals surface area (Å²) in [5.74, 6) is -1.24. The van der Waals surface area contributed by atoms with Crippen LogP contribution in [0.5, 0.6) is 5.75 Å². The van der Waals surface area contributed by atoms with Crippen LogP contribution in [0.3, 0.4) is 0 Å². The largest absolute Gasteiger partial charge is 0.573 e. The summed E-state index contributed by atoms with van der Waals surface area (Å²) < 4.78 is 87.7. The molecule has 0 fully saturated rings. The van der Waals surface area contributed by atoms with Crippen molar-refractivity contribution in [1.29, 1.82) is 0 Å². The average Bonchev–Trinajstić information content (AvgIpc) is 2.25. The number of pyridine rings is 1. The van der Waals surface area contributed by atoms with Crippen LogP contribution in [0.25, 0.3) is 0 Å². The average molecular weight is 405 g/mol. The van der Waals surface area contributed by atoms with Gasteiger partial charge in [-0.25, -0.2) is 22.2 Å². The van der Waals surface area contributed by atoms with Gasteiger partial charge in [-0.15, -0.1) is 13.2 Å². The third kappa shape index (κ3) is 4.42.